The maximum Gasteiger partial charge on any atom is 0.134 e. The largest absolute Gasteiger partial charge is 0.373 e. The Morgan fingerprint density at radius 1 is 1.44 bits per heavy atom. The molecule has 0 saturated carbocycles. The van der Waals surface area contributed by atoms with Crippen LogP contribution in [0.15, 0.2) is 18.3 Å². The standard InChI is InChI=1S/C13H20ClNO/c1-5-11(16-9-13(2,3)4)10-7-6-8-15-12(10)14/h6-8,11H,5,9H2,1-4H3. The van der Waals surface area contributed by atoms with Crippen LogP contribution >= 0.6 is 11.6 Å². The van der Waals surface area contributed by atoms with Crippen molar-refractivity contribution in [3.05, 3.63) is 29.0 Å². The van der Waals surface area contributed by atoms with Crippen LogP contribution in [0.25, 0.3) is 0 Å². The lowest BCUT2D eigenvalue weighted by atomic mass is 9.98. The van der Waals surface area contributed by atoms with Crippen molar-refractivity contribution in [3.8, 4) is 0 Å². The fourth-order valence-corrected chi connectivity index (χ4v) is 1.66. The Kier molecular flexibility index (Phi) is 4.75. The van der Waals surface area contributed by atoms with Gasteiger partial charge in [0.1, 0.15) is 5.15 Å². The SMILES string of the molecule is CCC(OCC(C)(C)C)c1cccnc1Cl. The summed E-state index contributed by atoms with van der Waals surface area (Å²) in [6, 6.07) is 3.87. The molecule has 0 amide bonds. The van der Waals surface area contributed by atoms with Gasteiger partial charge in [-0.25, -0.2) is 4.98 Å². The van der Waals surface area contributed by atoms with Crippen LogP contribution in [0.4, 0.5) is 0 Å². The lowest BCUT2D eigenvalue weighted by Crippen LogP contribution is -2.17. The highest BCUT2D eigenvalue weighted by atomic mass is 35.5. The second-order valence-electron chi connectivity index (χ2n) is 5.15. The quantitative estimate of drug-likeness (QED) is 0.736. The Bertz CT molecular complexity index is 333. The average Bonchev–Trinajstić information content (AvgIpc) is 2.20. The highest BCUT2D eigenvalue weighted by Gasteiger charge is 2.18. The van der Waals surface area contributed by atoms with E-state index in [0.717, 1.165) is 18.6 Å². The van der Waals surface area contributed by atoms with Gasteiger partial charge in [0.05, 0.1) is 12.7 Å². The molecule has 0 bridgehead atoms. The molecule has 0 aromatic carbocycles. The lowest BCUT2D eigenvalue weighted by molar-refractivity contribution is 0.00542. The molecule has 0 fully saturated rings. The molecule has 16 heavy (non-hydrogen) atoms. The van der Waals surface area contributed by atoms with Crippen molar-refractivity contribution in [2.75, 3.05) is 6.61 Å². The molecule has 0 aliphatic heterocycles. The number of hydrogen-bond donors (Lipinski definition) is 0. The normalized spacial score (nSPS) is 13.8. The van der Waals surface area contributed by atoms with Crippen LogP contribution in [-0.4, -0.2) is 11.6 Å². The zero-order chi connectivity index (χ0) is 12.2. The Labute approximate surface area is 103 Å². The number of rotatable bonds is 4. The van der Waals surface area contributed by atoms with Crippen molar-refractivity contribution < 1.29 is 4.74 Å². The van der Waals surface area contributed by atoms with Gasteiger partial charge in [-0.15, -0.1) is 0 Å². The fraction of sp³-hybridized carbons (Fsp3) is 0.615. The summed E-state index contributed by atoms with van der Waals surface area (Å²) < 4.78 is 5.90. The Hall–Kier alpha value is -0.600. The molecule has 1 unspecified atom stereocenters. The van der Waals surface area contributed by atoms with Crippen molar-refractivity contribution >= 4 is 11.6 Å². The molecule has 90 valence electrons. The first-order valence-corrected chi connectivity index (χ1v) is 6.04. The van der Waals surface area contributed by atoms with E-state index in [1.807, 2.05) is 12.1 Å². The molecule has 0 aliphatic carbocycles. The minimum Gasteiger partial charge on any atom is -0.373 e. The van der Waals surface area contributed by atoms with Crippen molar-refractivity contribution in [2.45, 2.75) is 40.2 Å². The minimum absolute atomic E-state index is 0.0421. The van der Waals surface area contributed by atoms with Gasteiger partial charge >= 0.3 is 0 Å². The number of aromatic nitrogens is 1. The average molecular weight is 242 g/mol. The third kappa shape index (κ3) is 4.11. The van der Waals surface area contributed by atoms with Crippen molar-refractivity contribution in [1.29, 1.82) is 0 Å². The van der Waals surface area contributed by atoms with Crippen LogP contribution in [0, 0.1) is 5.41 Å². The van der Waals surface area contributed by atoms with E-state index in [0.29, 0.717) is 5.15 Å². The maximum absolute atomic E-state index is 6.06. The molecule has 1 aromatic rings. The van der Waals surface area contributed by atoms with Gasteiger partial charge in [-0.05, 0) is 17.9 Å². The predicted molar refractivity (Wildman–Crippen MR) is 67.7 cm³/mol. The van der Waals surface area contributed by atoms with Crippen LogP contribution in [0.1, 0.15) is 45.8 Å². The first-order chi connectivity index (χ1) is 7.44. The Morgan fingerprint density at radius 2 is 2.12 bits per heavy atom. The van der Waals surface area contributed by atoms with Gasteiger partial charge in [-0.1, -0.05) is 45.4 Å². The number of pyridine rings is 1. The van der Waals surface area contributed by atoms with Crippen LogP contribution in [0.5, 0.6) is 0 Å². The van der Waals surface area contributed by atoms with Crippen LogP contribution < -0.4 is 0 Å². The van der Waals surface area contributed by atoms with Gasteiger partial charge < -0.3 is 4.74 Å². The van der Waals surface area contributed by atoms with E-state index in [1.54, 1.807) is 6.20 Å². The molecule has 2 nitrogen and oxygen atoms in total. The molecule has 0 radical (unpaired) electrons. The second-order valence-corrected chi connectivity index (χ2v) is 5.51. The summed E-state index contributed by atoms with van der Waals surface area (Å²) >= 11 is 6.06. The second kappa shape index (κ2) is 5.65. The predicted octanol–water partition coefficient (Wildman–Crippen LogP) is 4.25. The summed E-state index contributed by atoms with van der Waals surface area (Å²) in [4.78, 5) is 4.08. The van der Waals surface area contributed by atoms with E-state index in [2.05, 4.69) is 32.7 Å². The molecule has 1 atom stereocenters. The Balaban J connectivity index is 2.72. The highest BCUT2D eigenvalue weighted by molar-refractivity contribution is 6.30. The molecular formula is C13H20ClNO. The molecule has 0 saturated heterocycles. The summed E-state index contributed by atoms with van der Waals surface area (Å²) in [7, 11) is 0. The van der Waals surface area contributed by atoms with Gasteiger partial charge in [-0.3, -0.25) is 0 Å². The first-order valence-electron chi connectivity index (χ1n) is 5.66. The summed E-state index contributed by atoms with van der Waals surface area (Å²) in [6.07, 6.45) is 2.64. The van der Waals surface area contributed by atoms with Crippen LogP contribution in [-0.2, 0) is 4.74 Å². The summed E-state index contributed by atoms with van der Waals surface area (Å²) in [5.74, 6) is 0. The van der Waals surface area contributed by atoms with Gasteiger partial charge in [0.15, 0.2) is 0 Å². The molecule has 3 heteroatoms. The zero-order valence-electron chi connectivity index (χ0n) is 10.5. The van der Waals surface area contributed by atoms with Crippen LogP contribution in [0.2, 0.25) is 5.15 Å². The molecular weight excluding hydrogens is 222 g/mol. The zero-order valence-corrected chi connectivity index (χ0v) is 11.2. The summed E-state index contributed by atoms with van der Waals surface area (Å²) in [5.41, 5.74) is 1.15. The van der Waals surface area contributed by atoms with Gasteiger partial charge in [-0.2, -0.15) is 0 Å². The first kappa shape index (κ1) is 13.5. The van der Waals surface area contributed by atoms with E-state index in [1.165, 1.54) is 0 Å². The van der Waals surface area contributed by atoms with Gasteiger partial charge in [0.2, 0.25) is 0 Å². The maximum atomic E-state index is 6.06. The molecule has 1 rings (SSSR count). The van der Waals surface area contributed by atoms with Gasteiger partial charge in [0.25, 0.3) is 0 Å². The van der Waals surface area contributed by atoms with Crippen molar-refractivity contribution in [3.63, 3.8) is 0 Å². The summed E-state index contributed by atoms with van der Waals surface area (Å²) in [5, 5.41) is 0.545. The van der Waals surface area contributed by atoms with Crippen LogP contribution in [0.3, 0.4) is 0 Å². The number of nitrogens with zero attached hydrogens (tertiary/aromatic N) is 1. The Morgan fingerprint density at radius 3 is 2.62 bits per heavy atom. The van der Waals surface area contributed by atoms with E-state index in [9.17, 15) is 0 Å². The van der Waals surface area contributed by atoms with Gasteiger partial charge in [0, 0.05) is 11.8 Å². The monoisotopic (exact) mass is 241 g/mol. The highest BCUT2D eigenvalue weighted by Crippen LogP contribution is 2.28. The molecule has 1 heterocycles. The molecule has 0 spiro atoms. The smallest absolute Gasteiger partial charge is 0.134 e. The molecule has 1 aromatic heterocycles. The number of halogens is 1. The molecule has 0 aliphatic rings. The van der Waals surface area contributed by atoms with E-state index >= 15 is 0 Å². The van der Waals surface area contributed by atoms with Crippen molar-refractivity contribution in [1.82, 2.24) is 4.98 Å². The van der Waals surface area contributed by atoms with E-state index in [-0.39, 0.29) is 11.5 Å². The fourth-order valence-electron chi connectivity index (χ4n) is 1.42. The lowest BCUT2D eigenvalue weighted by Gasteiger charge is -2.24. The minimum atomic E-state index is 0.0421. The van der Waals surface area contributed by atoms with E-state index < -0.39 is 0 Å². The van der Waals surface area contributed by atoms with Crippen molar-refractivity contribution in [2.24, 2.45) is 5.41 Å². The molecule has 0 N–H and O–H groups in total. The third-order valence-electron chi connectivity index (χ3n) is 2.22. The third-order valence-corrected chi connectivity index (χ3v) is 2.54. The summed E-state index contributed by atoms with van der Waals surface area (Å²) in [6.45, 7) is 9.28. The van der Waals surface area contributed by atoms with E-state index in [4.69, 9.17) is 16.3 Å². The number of ether oxygens (including phenoxy) is 1. The number of hydrogen-bond acceptors (Lipinski definition) is 2. The topological polar surface area (TPSA) is 22.1 Å².